The van der Waals surface area contributed by atoms with Crippen LogP contribution in [0.1, 0.15) is 36.0 Å². The van der Waals surface area contributed by atoms with Gasteiger partial charge in [-0.1, -0.05) is 54.6 Å². The monoisotopic (exact) mass is 473 g/mol. The molecule has 36 heavy (non-hydrogen) atoms. The highest BCUT2D eigenvalue weighted by Gasteiger charge is 2.36. The van der Waals surface area contributed by atoms with Crippen LogP contribution in [0.2, 0.25) is 0 Å². The summed E-state index contributed by atoms with van der Waals surface area (Å²) in [5, 5.41) is 0. The average molecular weight is 474 g/mol. The van der Waals surface area contributed by atoms with E-state index in [0.29, 0.717) is 17.7 Å². The SMILES string of the molecule is Cc1ccc2nc(-c3ccc(-c4ccc5c(c4)C=CC5)cc3)n(C[C@@H]3CCN(C(=O)C4CC4)C3)c2c1. The first-order valence-corrected chi connectivity index (χ1v) is 13.3. The zero-order valence-electron chi connectivity index (χ0n) is 20.8. The number of aromatic nitrogens is 2. The summed E-state index contributed by atoms with van der Waals surface area (Å²) >= 11 is 0. The van der Waals surface area contributed by atoms with Crippen molar-refractivity contribution in [3.05, 3.63) is 83.4 Å². The van der Waals surface area contributed by atoms with E-state index in [1.165, 1.54) is 33.3 Å². The van der Waals surface area contributed by atoms with E-state index in [1.807, 2.05) is 0 Å². The lowest BCUT2D eigenvalue weighted by atomic mass is 9.99. The molecule has 4 heteroatoms. The molecule has 0 radical (unpaired) electrons. The van der Waals surface area contributed by atoms with Crippen molar-refractivity contribution in [2.75, 3.05) is 13.1 Å². The van der Waals surface area contributed by atoms with Gasteiger partial charge in [-0.05, 0) is 84.5 Å². The lowest BCUT2D eigenvalue weighted by Gasteiger charge is -2.18. The number of rotatable bonds is 5. The van der Waals surface area contributed by atoms with Gasteiger partial charge in [-0.15, -0.1) is 0 Å². The second-order valence-corrected chi connectivity index (χ2v) is 10.8. The van der Waals surface area contributed by atoms with Crippen molar-refractivity contribution in [3.63, 3.8) is 0 Å². The van der Waals surface area contributed by atoms with Crippen LogP contribution in [0.25, 0.3) is 39.6 Å². The quantitative estimate of drug-likeness (QED) is 0.332. The van der Waals surface area contributed by atoms with Crippen LogP contribution in [0, 0.1) is 18.8 Å². The van der Waals surface area contributed by atoms with Gasteiger partial charge in [0.15, 0.2) is 0 Å². The van der Waals surface area contributed by atoms with Crippen molar-refractivity contribution in [3.8, 4) is 22.5 Å². The van der Waals surface area contributed by atoms with Crippen molar-refractivity contribution < 1.29 is 4.79 Å². The van der Waals surface area contributed by atoms with Gasteiger partial charge in [0.1, 0.15) is 5.82 Å². The van der Waals surface area contributed by atoms with Crippen LogP contribution in [-0.4, -0.2) is 33.4 Å². The van der Waals surface area contributed by atoms with Crippen LogP contribution in [-0.2, 0) is 17.8 Å². The molecule has 4 aromatic rings. The minimum absolute atomic E-state index is 0.302. The fourth-order valence-corrected chi connectivity index (χ4v) is 5.91. The molecule has 1 saturated carbocycles. The molecule has 1 aromatic heterocycles. The third-order valence-corrected chi connectivity index (χ3v) is 8.13. The summed E-state index contributed by atoms with van der Waals surface area (Å²) in [6.07, 6.45) is 8.71. The van der Waals surface area contributed by atoms with Gasteiger partial charge in [0, 0.05) is 31.1 Å². The first-order valence-electron chi connectivity index (χ1n) is 13.3. The van der Waals surface area contributed by atoms with Crippen molar-refractivity contribution in [2.24, 2.45) is 11.8 Å². The molecular formula is C32H31N3O. The highest BCUT2D eigenvalue weighted by Crippen LogP contribution is 2.35. The van der Waals surface area contributed by atoms with E-state index < -0.39 is 0 Å². The number of fused-ring (bicyclic) bond motifs is 2. The van der Waals surface area contributed by atoms with E-state index >= 15 is 0 Å². The maximum atomic E-state index is 12.6. The topological polar surface area (TPSA) is 38.1 Å². The summed E-state index contributed by atoms with van der Waals surface area (Å²) in [5.41, 5.74) is 9.82. The lowest BCUT2D eigenvalue weighted by Crippen LogP contribution is -2.30. The molecule has 0 N–H and O–H groups in total. The fraction of sp³-hybridized carbons (Fsp3) is 0.312. The number of nitrogens with zero attached hydrogens (tertiary/aromatic N) is 3. The molecule has 180 valence electrons. The minimum Gasteiger partial charge on any atom is -0.342 e. The molecule has 2 fully saturated rings. The maximum Gasteiger partial charge on any atom is 0.225 e. The fourth-order valence-electron chi connectivity index (χ4n) is 5.91. The molecular weight excluding hydrogens is 442 g/mol. The molecule has 2 heterocycles. The molecule has 7 rings (SSSR count). The second-order valence-electron chi connectivity index (χ2n) is 10.8. The maximum absolute atomic E-state index is 12.6. The number of imidazole rings is 1. The standard InChI is InChI=1S/C32H31N3O/c1-21-5-14-29-30(17-21)35(20-22-15-16-34(19-22)32(36)26-11-12-26)31(33-29)25-9-6-24(7-10-25)28-13-8-23-3-2-4-27(23)18-28/h2,4-10,13-14,17-18,22,26H,3,11-12,15-16,19-20H2,1H3/t22-/m1/s1. The van der Waals surface area contributed by atoms with Crippen LogP contribution in [0.15, 0.2) is 66.7 Å². The highest BCUT2D eigenvalue weighted by atomic mass is 16.2. The van der Waals surface area contributed by atoms with Gasteiger partial charge in [0.25, 0.3) is 0 Å². The van der Waals surface area contributed by atoms with Crippen molar-refractivity contribution in [2.45, 2.75) is 39.2 Å². The molecule has 0 bridgehead atoms. The number of allylic oxidation sites excluding steroid dienone is 1. The summed E-state index contributed by atoms with van der Waals surface area (Å²) in [6.45, 7) is 4.79. The van der Waals surface area contributed by atoms with Gasteiger partial charge in [0.2, 0.25) is 5.91 Å². The Bertz CT molecular complexity index is 1510. The van der Waals surface area contributed by atoms with Crippen molar-refractivity contribution in [1.82, 2.24) is 14.5 Å². The highest BCUT2D eigenvalue weighted by molar-refractivity contribution is 5.83. The summed E-state index contributed by atoms with van der Waals surface area (Å²) in [6, 6.07) is 22.1. The first-order chi connectivity index (χ1) is 17.6. The second kappa shape index (κ2) is 8.48. The van der Waals surface area contributed by atoms with Gasteiger partial charge < -0.3 is 9.47 Å². The molecule has 0 spiro atoms. The Labute approximate surface area is 212 Å². The van der Waals surface area contributed by atoms with Gasteiger partial charge in [-0.3, -0.25) is 4.79 Å². The summed E-state index contributed by atoms with van der Waals surface area (Å²) in [4.78, 5) is 19.8. The number of likely N-dealkylation sites (tertiary alicyclic amines) is 1. The lowest BCUT2D eigenvalue weighted by molar-refractivity contribution is -0.131. The number of hydrogen-bond acceptors (Lipinski definition) is 2. The van der Waals surface area contributed by atoms with Crippen molar-refractivity contribution in [1.29, 1.82) is 0 Å². The third kappa shape index (κ3) is 3.85. The van der Waals surface area contributed by atoms with E-state index in [1.54, 1.807) is 0 Å². The van der Waals surface area contributed by atoms with E-state index in [0.717, 1.165) is 62.2 Å². The largest absolute Gasteiger partial charge is 0.342 e. The van der Waals surface area contributed by atoms with Gasteiger partial charge in [-0.2, -0.15) is 0 Å². The molecule has 1 amide bonds. The normalized spacial score (nSPS) is 18.8. The number of hydrogen-bond donors (Lipinski definition) is 0. The Morgan fingerprint density at radius 1 is 0.944 bits per heavy atom. The summed E-state index contributed by atoms with van der Waals surface area (Å²) in [7, 11) is 0. The van der Waals surface area contributed by atoms with E-state index in [2.05, 4.69) is 89.2 Å². The minimum atomic E-state index is 0.302. The Morgan fingerprint density at radius 3 is 2.58 bits per heavy atom. The molecule has 4 nitrogen and oxygen atoms in total. The van der Waals surface area contributed by atoms with E-state index in [4.69, 9.17) is 4.98 Å². The number of amides is 1. The molecule has 1 atom stereocenters. The summed E-state index contributed by atoms with van der Waals surface area (Å²) < 4.78 is 2.40. The predicted molar refractivity (Wildman–Crippen MR) is 145 cm³/mol. The molecule has 3 aliphatic rings. The third-order valence-electron chi connectivity index (χ3n) is 8.13. The average Bonchev–Trinajstić information content (AvgIpc) is 3.30. The zero-order valence-corrected chi connectivity index (χ0v) is 20.8. The smallest absolute Gasteiger partial charge is 0.225 e. The van der Waals surface area contributed by atoms with Gasteiger partial charge in [0.05, 0.1) is 11.0 Å². The Morgan fingerprint density at radius 2 is 1.75 bits per heavy atom. The van der Waals surface area contributed by atoms with E-state index in [9.17, 15) is 4.79 Å². The van der Waals surface area contributed by atoms with Gasteiger partial charge >= 0.3 is 0 Å². The van der Waals surface area contributed by atoms with Crippen LogP contribution in [0.5, 0.6) is 0 Å². The van der Waals surface area contributed by atoms with Crippen LogP contribution >= 0.6 is 0 Å². The number of aryl methyl sites for hydroxylation is 1. The van der Waals surface area contributed by atoms with Crippen LogP contribution in [0.4, 0.5) is 0 Å². The van der Waals surface area contributed by atoms with Crippen LogP contribution in [0.3, 0.4) is 0 Å². The number of carbonyl (C=O) groups excluding carboxylic acids is 1. The molecule has 3 aromatic carbocycles. The Hall–Kier alpha value is -3.66. The summed E-state index contributed by atoms with van der Waals surface area (Å²) in [5.74, 6) is 2.16. The molecule has 1 saturated heterocycles. The zero-order chi connectivity index (χ0) is 24.2. The Balaban J connectivity index is 1.20. The van der Waals surface area contributed by atoms with Crippen molar-refractivity contribution >= 4 is 23.0 Å². The predicted octanol–water partition coefficient (Wildman–Crippen LogP) is 6.51. The molecule has 2 aliphatic carbocycles. The first kappa shape index (κ1) is 21.6. The Kier molecular flexibility index (Phi) is 5.09. The van der Waals surface area contributed by atoms with E-state index in [-0.39, 0.29) is 0 Å². The van der Waals surface area contributed by atoms with Gasteiger partial charge in [-0.25, -0.2) is 4.98 Å². The molecule has 1 aliphatic heterocycles. The number of carbonyl (C=O) groups is 1. The number of benzene rings is 3. The van der Waals surface area contributed by atoms with Crippen LogP contribution < -0.4 is 0 Å². The molecule has 0 unspecified atom stereocenters.